The van der Waals surface area contributed by atoms with E-state index in [1.807, 2.05) is 27.7 Å². The summed E-state index contributed by atoms with van der Waals surface area (Å²) in [6.07, 6.45) is 1.70. The van der Waals surface area contributed by atoms with E-state index in [0.29, 0.717) is 6.54 Å². The quantitative estimate of drug-likeness (QED) is 0.703. The lowest BCUT2D eigenvalue weighted by Crippen LogP contribution is -2.51. The highest BCUT2D eigenvalue weighted by molar-refractivity contribution is 5.68. The Labute approximate surface area is 114 Å². The van der Waals surface area contributed by atoms with Crippen molar-refractivity contribution >= 4 is 12.1 Å². The molecule has 1 aliphatic rings. The van der Waals surface area contributed by atoms with Crippen LogP contribution < -0.4 is 5.73 Å². The molecule has 2 atom stereocenters. The fraction of sp³-hybridized carbons (Fsp3) is 0.846. The zero-order valence-electron chi connectivity index (χ0n) is 12.5. The molecule has 0 saturated carbocycles. The van der Waals surface area contributed by atoms with E-state index in [4.69, 9.17) is 20.4 Å². The maximum Gasteiger partial charge on any atom is 0.410 e. The number of hydrogen-bond acceptors (Lipinski definition) is 4. The Hall–Kier alpha value is -1.30. The highest BCUT2D eigenvalue weighted by atomic mass is 16.6. The summed E-state index contributed by atoms with van der Waals surface area (Å²) >= 11 is 0. The molecule has 6 heteroatoms. The van der Waals surface area contributed by atoms with Crippen LogP contribution in [0.3, 0.4) is 0 Å². The molecule has 19 heavy (non-hydrogen) atoms. The van der Waals surface area contributed by atoms with Gasteiger partial charge >= 0.3 is 6.09 Å². The molecule has 3 N–H and O–H groups in total. The average molecular weight is 274 g/mol. The van der Waals surface area contributed by atoms with Gasteiger partial charge < -0.3 is 20.5 Å². The second-order valence-electron chi connectivity index (χ2n) is 5.84. The van der Waals surface area contributed by atoms with Crippen molar-refractivity contribution in [2.75, 3.05) is 6.54 Å². The van der Waals surface area contributed by atoms with Crippen LogP contribution in [0.2, 0.25) is 0 Å². The number of carboxylic acid groups (broad SMARTS) is 1. The summed E-state index contributed by atoms with van der Waals surface area (Å²) in [5.74, 6) is -0.833. The molecule has 0 aromatic heterocycles. The lowest BCUT2D eigenvalue weighted by molar-refractivity contribution is -0.134. The van der Waals surface area contributed by atoms with Crippen LogP contribution in [-0.2, 0) is 9.53 Å². The second kappa shape index (κ2) is 7.33. The molecule has 1 fully saturated rings. The standard InChI is InChI=1S/C11H22N2O2.C2H4O2/c1-8-5-6-9(12)7-13(8)10(14)15-11(2,3)4;1-2(3)4/h8-9H,5-7,12H2,1-4H3;1H3,(H,3,4)/t8-,9+;/m0./s1. The molecule has 0 radical (unpaired) electrons. The number of carbonyl (C=O) groups is 2. The Morgan fingerprint density at radius 2 is 1.79 bits per heavy atom. The maximum atomic E-state index is 11.8. The van der Waals surface area contributed by atoms with Crippen LogP contribution in [0.15, 0.2) is 0 Å². The van der Waals surface area contributed by atoms with E-state index in [2.05, 4.69) is 0 Å². The van der Waals surface area contributed by atoms with Gasteiger partial charge in [0.15, 0.2) is 0 Å². The van der Waals surface area contributed by atoms with Gasteiger partial charge in [0.25, 0.3) is 5.97 Å². The van der Waals surface area contributed by atoms with Crippen LogP contribution in [-0.4, -0.2) is 46.3 Å². The van der Waals surface area contributed by atoms with E-state index in [1.54, 1.807) is 4.90 Å². The van der Waals surface area contributed by atoms with Crippen molar-refractivity contribution in [1.82, 2.24) is 4.90 Å². The third kappa shape index (κ3) is 8.42. The summed E-state index contributed by atoms with van der Waals surface area (Å²) in [7, 11) is 0. The number of nitrogens with zero attached hydrogens (tertiary/aromatic N) is 1. The highest BCUT2D eigenvalue weighted by Gasteiger charge is 2.30. The number of amides is 1. The van der Waals surface area contributed by atoms with Gasteiger partial charge in [0.1, 0.15) is 5.60 Å². The molecule has 112 valence electrons. The Kier molecular flexibility index (Phi) is 6.83. The van der Waals surface area contributed by atoms with E-state index in [0.717, 1.165) is 19.8 Å². The van der Waals surface area contributed by atoms with Gasteiger partial charge in [-0.05, 0) is 40.5 Å². The first-order valence-electron chi connectivity index (χ1n) is 6.47. The number of likely N-dealkylation sites (tertiary alicyclic amines) is 1. The van der Waals surface area contributed by atoms with Crippen LogP contribution in [0.5, 0.6) is 0 Å². The Morgan fingerprint density at radius 3 is 2.21 bits per heavy atom. The molecule has 1 aliphatic heterocycles. The minimum Gasteiger partial charge on any atom is -0.481 e. The van der Waals surface area contributed by atoms with Gasteiger partial charge in [-0.3, -0.25) is 4.79 Å². The molecule has 0 aromatic carbocycles. The van der Waals surface area contributed by atoms with E-state index in [9.17, 15) is 4.79 Å². The van der Waals surface area contributed by atoms with Crippen LogP contribution in [0.25, 0.3) is 0 Å². The molecule has 0 aromatic rings. The van der Waals surface area contributed by atoms with Crippen molar-refractivity contribution in [2.45, 2.75) is 65.1 Å². The van der Waals surface area contributed by atoms with E-state index >= 15 is 0 Å². The predicted molar refractivity (Wildman–Crippen MR) is 72.9 cm³/mol. The molecule has 1 rings (SSSR count). The van der Waals surface area contributed by atoms with Gasteiger partial charge in [-0.25, -0.2) is 4.79 Å². The topological polar surface area (TPSA) is 92.9 Å². The number of carbonyl (C=O) groups excluding carboxylic acids is 1. The van der Waals surface area contributed by atoms with Gasteiger partial charge in [0, 0.05) is 25.6 Å². The lowest BCUT2D eigenvalue weighted by Gasteiger charge is -2.37. The summed E-state index contributed by atoms with van der Waals surface area (Å²) in [4.78, 5) is 22.6. The van der Waals surface area contributed by atoms with Crippen molar-refractivity contribution in [1.29, 1.82) is 0 Å². The lowest BCUT2D eigenvalue weighted by atomic mass is 10.0. The van der Waals surface area contributed by atoms with Crippen molar-refractivity contribution in [2.24, 2.45) is 5.73 Å². The minimum atomic E-state index is -0.833. The fourth-order valence-corrected chi connectivity index (χ4v) is 1.71. The fourth-order valence-electron chi connectivity index (χ4n) is 1.71. The third-order valence-corrected chi connectivity index (χ3v) is 2.55. The van der Waals surface area contributed by atoms with E-state index in [1.165, 1.54) is 0 Å². The smallest absolute Gasteiger partial charge is 0.410 e. The number of hydrogen-bond donors (Lipinski definition) is 2. The molecule has 6 nitrogen and oxygen atoms in total. The zero-order chi connectivity index (χ0) is 15.2. The molecule has 1 saturated heterocycles. The van der Waals surface area contributed by atoms with Gasteiger partial charge in [-0.2, -0.15) is 0 Å². The third-order valence-electron chi connectivity index (χ3n) is 2.55. The molecule has 1 heterocycles. The number of nitrogens with two attached hydrogens (primary N) is 1. The highest BCUT2D eigenvalue weighted by Crippen LogP contribution is 2.19. The van der Waals surface area contributed by atoms with Gasteiger partial charge in [-0.1, -0.05) is 0 Å². The monoisotopic (exact) mass is 274 g/mol. The maximum absolute atomic E-state index is 11.8. The largest absolute Gasteiger partial charge is 0.481 e. The summed E-state index contributed by atoms with van der Waals surface area (Å²) in [6, 6.07) is 0.327. The van der Waals surface area contributed by atoms with Crippen LogP contribution in [0, 0.1) is 0 Å². The van der Waals surface area contributed by atoms with Crippen LogP contribution in [0.4, 0.5) is 4.79 Å². The van der Waals surface area contributed by atoms with Crippen molar-refractivity contribution in [3.05, 3.63) is 0 Å². The van der Waals surface area contributed by atoms with E-state index in [-0.39, 0.29) is 18.2 Å². The predicted octanol–water partition coefficient (Wildman–Crippen LogP) is 1.82. The average Bonchev–Trinajstić information content (AvgIpc) is 2.18. The Balaban J connectivity index is 0.000000711. The van der Waals surface area contributed by atoms with Gasteiger partial charge in [0.05, 0.1) is 0 Å². The van der Waals surface area contributed by atoms with Crippen molar-refractivity contribution < 1.29 is 19.4 Å². The molecule has 0 aliphatic carbocycles. The molecular formula is C13H26N2O4. The SMILES string of the molecule is CC(=O)O.C[C@H]1CC[C@@H](N)CN1C(=O)OC(C)(C)C. The molecule has 0 unspecified atom stereocenters. The number of aliphatic carboxylic acids is 1. The van der Waals surface area contributed by atoms with Crippen molar-refractivity contribution in [3.63, 3.8) is 0 Å². The normalized spacial score (nSPS) is 23.2. The zero-order valence-corrected chi connectivity index (χ0v) is 12.5. The number of rotatable bonds is 0. The summed E-state index contributed by atoms with van der Waals surface area (Å²) in [5, 5.41) is 7.42. The van der Waals surface area contributed by atoms with Gasteiger partial charge in [0.2, 0.25) is 0 Å². The molecular weight excluding hydrogens is 248 g/mol. The number of carboxylic acids is 1. The summed E-state index contributed by atoms with van der Waals surface area (Å²) in [5.41, 5.74) is 5.41. The first-order valence-corrected chi connectivity index (χ1v) is 6.47. The van der Waals surface area contributed by atoms with Crippen molar-refractivity contribution in [3.8, 4) is 0 Å². The minimum absolute atomic E-state index is 0.0914. The van der Waals surface area contributed by atoms with Crippen LogP contribution >= 0.6 is 0 Å². The molecule has 0 spiro atoms. The molecule has 1 amide bonds. The van der Waals surface area contributed by atoms with E-state index < -0.39 is 11.6 Å². The first-order chi connectivity index (χ1) is 8.53. The summed E-state index contributed by atoms with van der Waals surface area (Å²) in [6.45, 7) is 9.35. The summed E-state index contributed by atoms with van der Waals surface area (Å²) < 4.78 is 5.33. The first kappa shape index (κ1) is 17.7. The van der Waals surface area contributed by atoms with Gasteiger partial charge in [-0.15, -0.1) is 0 Å². The second-order valence-corrected chi connectivity index (χ2v) is 5.84. The Bertz CT molecular complexity index is 308. The van der Waals surface area contributed by atoms with Crippen LogP contribution in [0.1, 0.15) is 47.5 Å². The Morgan fingerprint density at radius 1 is 1.32 bits per heavy atom. The number of piperidine rings is 1. The number of ether oxygens (including phenoxy) is 1. The molecule has 0 bridgehead atoms.